The van der Waals surface area contributed by atoms with Crippen LogP contribution >= 0.6 is 11.3 Å². The molecule has 2 atom stereocenters. The van der Waals surface area contributed by atoms with Crippen molar-refractivity contribution in [1.82, 2.24) is 5.32 Å². The van der Waals surface area contributed by atoms with E-state index < -0.39 is 0 Å². The Labute approximate surface area is 128 Å². The van der Waals surface area contributed by atoms with Crippen molar-refractivity contribution >= 4 is 11.3 Å². The molecule has 2 unspecified atom stereocenters. The standard InChI is InChI=1S/C18H29NS/c1-5-15-6-7-16(20-15)11-18(12-19-17(2,3)4)9-13-8-14(13)10-18/h6-7,13-14,19H,5,8-12H2,1-4H3. The van der Waals surface area contributed by atoms with Gasteiger partial charge in [0, 0.05) is 21.8 Å². The van der Waals surface area contributed by atoms with Crippen molar-refractivity contribution in [3.8, 4) is 0 Å². The third-order valence-corrected chi connectivity index (χ3v) is 6.30. The molecular weight excluding hydrogens is 262 g/mol. The number of hydrogen-bond acceptors (Lipinski definition) is 2. The van der Waals surface area contributed by atoms with Crippen molar-refractivity contribution < 1.29 is 0 Å². The summed E-state index contributed by atoms with van der Waals surface area (Å²) in [7, 11) is 0. The minimum atomic E-state index is 0.240. The van der Waals surface area contributed by atoms with E-state index in [1.807, 2.05) is 11.3 Å². The third-order valence-electron chi connectivity index (χ3n) is 5.07. The van der Waals surface area contributed by atoms with Crippen LogP contribution in [0, 0.1) is 17.3 Å². The van der Waals surface area contributed by atoms with Gasteiger partial charge in [0.2, 0.25) is 0 Å². The third kappa shape index (κ3) is 3.28. The van der Waals surface area contributed by atoms with E-state index in [9.17, 15) is 0 Å². The SMILES string of the molecule is CCc1ccc(CC2(CNC(C)(C)C)CC3CC3C2)s1. The van der Waals surface area contributed by atoms with Crippen molar-refractivity contribution in [1.29, 1.82) is 0 Å². The van der Waals surface area contributed by atoms with Crippen LogP contribution in [0.3, 0.4) is 0 Å². The fourth-order valence-corrected chi connectivity index (χ4v) is 5.02. The molecule has 2 aliphatic carbocycles. The molecule has 1 heterocycles. The first kappa shape index (κ1) is 14.6. The predicted molar refractivity (Wildman–Crippen MR) is 88.4 cm³/mol. The minimum Gasteiger partial charge on any atom is -0.312 e. The molecule has 2 aliphatic rings. The van der Waals surface area contributed by atoms with E-state index in [4.69, 9.17) is 0 Å². The van der Waals surface area contributed by atoms with Crippen molar-refractivity contribution in [3.05, 3.63) is 21.9 Å². The molecule has 1 nitrogen and oxygen atoms in total. The van der Waals surface area contributed by atoms with Gasteiger partial charge in [0.1, 0.15) is 0 Å². The van der Waals surface area contributed by atoms with Crippen LogP contribution in [0.4, 0.5) is 0 Å². The highest BCUT2D eigenvalue weighted by Gasteiger charge is 2.53. The Bertz CT molecular complexity index is 458. The normalized spacial score (nSPS) is 32.4. The van der Waals surface area contributed by atoms with Crippen LogP contribution in [-0.4, -0.2) is 12.1 Å². The molecule has 20 heavy (non-hydrogen) atoms. The summed E-state index contributed by atoms with van der Waals surface area (Å²) in [4.78, 5) is 3.15. The van der Waals surface area contributed by atoms with E-state index >= 15 is 0 Å². The summed E-state index contributed by atoms with van der Waals surface area (Å²) in [6.45, 7) is 10.3. The van der Waals surface area contributed by atoms with Crippen molar-refractivity contribution in [2.75, 3.05) is 6.54 Å². The Morgan fingerprint density at radius 3 is 2.40 bits per heavy atom. The molecule has 0 aromatic carbocycles. The number of fused-ring (bicyclic) bond motifs is 1. The highest BCUT2D eigenvalue weighted by molar-refractivity contribution is 7.11. The fourth-order valence-electron chi connectivity index (χ4n) is 3.89. The zero-order valence-corrected chi connectivity index (χ0v) is 14.3. The first-order valence-corrected chi connectivity index (χ1v) is 9.03. The molecule has 0 aliphatic heterocycles. The molecule has 0 radical (unpaired) electrons. The number of nitrogens with one attached hydrogen (secondary N) is 1. The largest absolute Gasteiger partial charge is 0.312 e. The maximum atomic E-state index is 3.79. The number of hydrogen-bond donors (Lipinski definition) is 1. The van der Waals surface area contributed by atoms with E-state index in [1.54, 1.807) is 9.75 Å². The molecule has 112 valence electrons. The Balaban J connectivity index is 1.69. The number of aryl methyl sites for hydroxylation is 1. The second-order valence-corrected chi connectivity index (χ2v) is 9.42. The van der Waals surface area contributed by atoms with Crippen LogP contribution in [0.25, 0.3) is 0 Å². The molecule has 1 aromatic rings. The monoisotopic (exact) mass is 291 g/mol. The summed E-state index contributed by atoms with van der Waals surface area (Å²) in [6.07, 6.45) is 6.92. The van der Waals surface area contributed by atoms with Gasteiger partial charge in [0.15, 0.2) is 0 Å². The van der Waals surface area contributed by atoms with Crippen molar-refractivity contribution in [3.63, 3.8) is 0 Å². The van der Waals surface area contributed by atoms with Gasteiger partial charge in [0.05, 0.1) is 0 Å². The highest BCUT2D eigenvalue weighted by atomic mass is 32.1. The summed E-state index contributed by atoms with van der Waals surface area (Å²) in [5.74, 6) is 2.12. The van der Waals surface area contributed by atoms with Crippen molar-refractivity contribution in [2.45, 2.75) is 65.3 Å². The first-order valence-electron chi connectivity index (χ1n) is 8.22. The lowest BCUT2D eigenvalue weighted by Gasteiger charge is -2.34. The van der Waals surface area contributed by atoms with Gasteiger partial charge in [0.25, 0.3) is 0 Å². The molecular formula is C18H29NS. The molecule has 0 bridgehead atoms. The summed E-state index contributed by atoms with van der Waals surface area (Å²) in [6, 6.07) is 4.72. The molecule has 1 aromatic heterocycles. The van der Waals surface area contributed by atoms with Crippen LogP contribution in [0.2, 0.25) is 0 Å². The molecule has 3 rings (SSSR count). The lowest BCUT2D eigenvalue weighted by molar-refractivity contribution is 0.223. The van der Waals surface area contributed by atoms with Gasteiger partial charge in [-0.05, 0) is 82.3 Å². The highest BCUT2D eigenvalue weighted by Crippen LogP contribution is 2.60. The topological polar surface area (TPSA) is 12.0 Å². The van der Waals surface area contributed by atoms with E-state index in [-0.39, 0.29) is 5.54 Å². The quantitative estimate of drug-likeness (QED) is 0.832. The second-order valence-electron chi connectivity index (χ2n) is 8.17. The van der Waals surface area contributed by atoms with Crippen LogP contribution < -0.4 is 5.32 Å². The molecule has 2 heteroatoms. The van der Waals surface area contributed by atoms with Gasteiger partial charge < -0.3 is 5.32 Å². The summed E-state index contributed by atoms with van der Waals surface area (Å²) < 4.78 is 0. The smallest absolute Gasteiger partial charge is 0.00967 e. The van der Waals surface area contributed by atoms with Gasteiger partial charge in [-0.2, -0.15) is 0 Å². The minimum absolute atomic E-state index is 0.240. The Hall–Kier alpha value is -0.340. The molecule has 0 amide bonds. The number of thiophene rings is 1. The molecule has 2 saturated carbocycles. The lowest BCUT2D eigenvalue weighted by atomic mass is 9.78. The van der Waals surface area contributed by atoms with E-state index in [1.165, 1.54) is 38.6 Å². The predicted octanol–water partition coefficient (Wildman–Crippen LogP) is 4.66. The van der Waals surface area contributed by atoms with E-state index in [0.717, 1.165) is 11.8 Å². The van der Waals surface area contributed by atoms with Crippen LogP contribution in [0.15, 0.2) is 12.1 Å². The van der Waals surface area contributed by atoms with Crippen molar-refractivity contribution in [2.24, 2.45) is 17.3 Å². The zero-order chi connectivity index (χ0) is 14.4. The maximum absolute atomic E-state index is 3.79. The summed E-state index contributed by atoms with van der Waals surface area (Å²) >= 11 is 2.04. The molecule has 0 saturated heterocycles. The zero-order valence-electron chi connectivity index (χ0n) is 13.5. The van der Waals surface area contributed by atoms with Gasteiger partial charge in [-0.25, -0.2) is 0 Å². The summed E-state index contributed by atoms with van der Waals surface area (Å²) in [5.41, 5.74) is 0.778. The average Bonchev–Trinajstić information content (AvgIpc) is 2.81. The van der Waals surface area contributed by atoms with Crippen LogP contribution in [-0.2, 0) is 12.8 Å². The van der Waals surface area contributed by atoms with Crippen LogP contribution in [0.1, 0.15) is 56.7 Å². The Morgan fingerprint density at radius 2 is 1.85 bits per heavy atom. The average molecular weight is 292 g/mol. The van der Waals surface area contributed by atoms with Gasteiger partial charge in [-0.1, -0.05) is 6.92 Å². The Morgan fingerprint density at radius 1 is 1.20 bits per heavy atom. The first-order chi connectivity index (χ1) is 9.39. The molecule has 1 N–H and O–H groups in total. The van der Waals surface area contributed by atoms with E-state index in [2.05, 4.69) is 45.1 Å². The second kappa shape index (κ2) is 5.14. The molecule has 2 fully saturated rings. The molecule has 0 spiro atoms. The van der Waals surface area contributed by atoms with Gasteiger partial charge in [-0.3, -0.25) is 0 Å². The fraction of sp³-hybridized carbons (Fsp3) is 0.778. The van der Waals surface area contributed by atoms with Gasteiger partial charge in [-0.15, -0.1) is 11.3 Å². The Kier molecular flexibility index (Phi) is 3.75. The summed E-state index contributed by atoms with van der Waals surface area (Å²) in [5, 5.41) is 3.79. The van der Waals surface area contributed by atoms with Crippen LogP contribution in [0.5, 0.6) is 0 Å². The maximum Gasteiger partial charge on any atom is 0.00967 e. The van der Waals surface area contributed by atoms with E-state index in [0.29, 0.717) is 5.41 Å². The number of rotatable bonds is 5. The lowest BCUT2D eigenvalue weighted by Crippen LogP contribution is -2.44. The van der Waals surface area contributed by atoms with Gasteiger partial charge >= 0.3 is 0 Å².